The third-order valence-corrected chi connectivity index (χ3v) is 5.32. The Bertz CT molecular complexity index is 849. The van der Waals surface area contributed by atoms with E-state index in [1.807, 2.05) is 25.1 Å². The van der Waals surface area contributed by atoms with Crippen LogP contribution in [0.2, 0.25) is 5.02 Å². The summed E-state index contributed by atoms with van der Waals surface area (Å²) in [6.07, 6.45) is 1.11. The molecule has 2 aromatic rings. The number of hydrogen-bond acceptors (Lipinski definition) is 4. The maximum atomic E-state index is 13.3. The van der Waals surface area contributed by atoms with E-state index in [1.165, 1.54) is 12.1 Å². The van der Waals surface area contributed by atoms with Gasteiger partial charge in [-0.15, -0.1) is 0 Å². The molecule has 1 unspecified atom stereocenters. The Morgan fingerprint density at radius 2 is 1.93 bits per heavy atom. The third kappa shape index (κ3) is 4.12. The van der Waals surface area contributed by atoms with Crippen molar-refractivity contribution in [1.82, 2.24) is 5.32 Å². The minimum absolute atomic E-state index is 0.00391. The number of amides is 1. The van der Waals surface area contributed by atoms with Gasteiger partial charge in [0.1, 0.15) is 0 Å². The highest BCUT2D eigenvalue weighted by Gasteiger charge is 2.42. The number of carbonyl (C=O) groups is 1. The first kappa shape index (κ1) is 19.3. The van der Waals surface area contributed by atoms with Crippen LogP contribution in [-0.4, -0.2) is 24.0 Å². The summed E-state index contributed by atoms with van der Waals surface area (Å²) in [5, 5.41) is 14.6. The molecule has 1 aliphatic rings. The van der Waals surface area contributed by atoms with Crippen LogP contribution >= 0.6 is 11.6 Å². The fourth-order valence-electron chi connectivity index (χ4n) is 3.48. The zero-order chi connectivity index (χ0) is 19.4. The van der Waals surface area contributed by atoms with Gasteiger partial charge in [0.25, 0.3) is 5.69 Å². The summed E-state index contributed by atoms with van der Waals surface area (Å²) in [6.45, 7) is 2.80. The maximum Gasteiger partial charge on any atom is 0.269 e. The Kier molecular flexibility index (Phi) is 5.77. The lowest BCUT2D eigenvalue weighted by molar-refractivity contribution is -0.384. The first-order valence-electron chi connectivity index (χ1n) is 8.81. The SMILES string of the molecule is CC(NC(=O)C1(c2cccc(Cl)c2)CCOCC1)c1cccc([N+](=O)[O-])c1. The second-order valence-corrected chi connectivity index (χ2v) is 7.19. The third-order valence-electron chi connectivity index (χ3n) is 5.09. The monoisotopic (exact) mass is 388 g/mol. The molecule has 142 valence electrons. The van der Waals surface area contributed by atoms with Gasteiger partial charge in [-0.05, 0) is 43.0 Å². The highest BCUT2D eigenvalue weighted by atomic mass is 35.5. The normalized spacial score (nSPS) is 17.1. The van der Waals surface area contributed by atoms with Crippen molar-refractivity contribution in [2.45, 2.75) is 31.2 Å². The summed E-state index contributed by atoms with van der Waals surface area (Å²) < 4.78 is 5.47. The summed E-state index contributed by atoms with van der Waals surface area (Å²) in [5.74, 6) is -0.118. The molecule has 0 spiro atoms. The molecule has 0 radical (unpaired) electrons. The molecule has 1 aliphatic heterocycles. The molecule has 3 rings (SSSR count). The number of nitrogens with zero attached hydrogens (tertiary/aromatic N) is 1. The molecular weight excluding hydrogens is 368 g/mol. The van der Waals surface area contributed by atoms with Gasteiger partial charge < -0.3 is 10.1 Å². The zero-order valence-corrected chi connectivity index (χ0v) is 15.7. The van der Waals surface area contributed by atoms with Crippen molar-refractivity contribution in [3.63, 3.8) is 0 Å². The van der Waals surface area contributed by atoms with Gasteiger partial charge in [0, 0.05) is 30.4 Å². The van der Waals surface area contributed by atoms with Gasteiger partial charge in [-0.3, -0.25) is 14.9 Å². The maximum absolute atomic E-state index is 13.3. The minimum Gasteiger partial charge on any atom is -0.381 e. The molecule has 2 aromatic carbocycles. The van der Waals surface area contributed by atoms with E-state index in [-0.39, 0.29) is 17.6 Å². The topological polar surface area (TPSA) is 81.5 Å². The number of hydrogen-bond donors (Lipinski definition) is 1. The van der Waals surface area contributed by atoms with E-state index in [1.54, 1.807) is 18.2 Å². The Balaban J connectivity index is 1.87. The van der Waals surface area contributed by atoms with Gasteiger partial charge in [-0.2, -0.15) is 0 Å². The van der Waals surface area contributed by atoms with Crippen LogP contribution in [0.5, 0.6) is 0 Å². The molecule has 7 heteroatoms. The smallest absolute Gasteiger partial charge is 0.269 e. The largest absolute Gasteiger partial charge is 0.381 e. The molecule has 0 bridgehead atoms. The summed E-state index contributed by atoms with van der Waals surface area (Å²) in [5.41, 5.74) is 0.829. The van der Waals surface area contributed by atoms with Gasteiger partial charge in [0.2, 0.25) is 5.91 Å². The molecule has 1 saturated heterocycles. The van der Waals surface area contributed by atoms with Gasteiger partial charge >= 0.3 is 0 Å². The number of rotatable bonds is 5. The zero-order valence-electron chi connectivity index (χ0n) is 15.0. The number of nitro benzene ring substituents is 1. The predicted molar refractivity (Wildman–Crippen MR) is 103 cm³/mol. The molecule has 27 heavy (non-hydrogen) atoms. The van der Waals surface area contributed by atoms with Crippen molar-refractivity contribution >= 4 is 23.2 Å². The number of carbonyl (C=O) groups excluding carboxylic acids is 1. The van der Waals surface area contributed by atoms with E-state index < -0.39 is 10.3 Å². The van der Waals surface area contributed by atoms with Crippen LogP contribution in [0.1, 0.15) is 36.9 Å². The molecule has 1 N–H and O–H groups in total. The van der Waals surface area contributed by atoms with E-state index in [0.717, 1.165) is 5.56 Å². The highest BCUT2D eigenvalue weighted by molar-refractivity contribution is 6.30. The first-order valence-corrected chi connectivity index (χ1v) is 9.19. The van der Waals surface area contributed by atoms with Crippen LogP contribution in [0.15, 0.2) is 48.5 Å². The molecule has 1 amide bonds. The average Bonchev–Trinajstić information content (AvgIpc) is 2.68. The van der Waals surface area contributed by atoms with Crippen molar-refractivity contribution in [1.29, 1.82) is 0 Å². The second kappa shape index (κ2) is 8.06. The van der Waals surface area contributed by atoms with Gasteiger partial charge in [-0.1, -0.05) is 35.9 Å². The van der Waals surface area contributed by atoms with Crippen molar-refractivity contribution in [3.8, 4) is 0 Å². The summed E-state index contributed by atoms with van der Waals surface area (Å²) in [6, 6.07) is 13.3. The van der Waals surface area contributed by atoms with E-state index in [4.69, 9.17) is 16.3 Å². The Labute approximate surface area is 162 Å². The quantitative estimate of drug-likeness (QED) is 0.615. The van der Waals surface area contributed by atoms with E-state index in [0.29, 0.717) is 36.6 Å². The molecule has 1 heterocycles. The summed E-state index contributed by atoms with van der Waals surface area (Å²) in [4.78, 5) is 23.9. The van der Waals surface area contributed by atoms with Crippen molar-refractivity contribution in [2.75, 3.05) is 13.2 Å². The minimum atomic E-state index is -0.724. The van der Waals surface area contributed by atoms with Crippen LogP contribution in [0.4, 0.5) is 5.69 Å². The predicted octanol–water partition coefficient (Wildman–Crippen LogP) is 4.17. The number of halogens is 1. The Hall–Kier alpha value is -2.44. The fourth-order valence-corrected chi connectivity index (χ4v) is 3.67. The summed E-state index contributed by atoms with van der Waals surface area (Å²) >= 11 is 6.15. The standard InChI is InChI=1S/C20H21ClN2O4/c1-14(15-4-2-7-18(12-15)23(25)26)22-19(24)20(8-10-27-11-9-20)16-5-3-6-17(21)13-16/h2-7,12-14H,8-11H2,1H3,(H,22,24). The number of nitrogens with one attached hydrogen (secondary N) is 1. The molecule has 1 fully saturated rings. The number of non-ortho nitro benzene ring substituents is 1. The lowest BCUT2D eigenvalue weighted by Gasteiger charge is -2.37. The lowest BCUT2D eigenvalue weighted by atomic mass is 9.73. The Morgan fingerprint density at radius 1 is 1.22 bits per heavy atom. The number of ether oxygens (including phenoxy) is 1. The fraction of sp³-hybridized carbons (Fsp3) is 0.350. The molecule has 1 atom stereocenters. The Morgan fingerprint density at radius 3 is 2.59 bits per heavy atom. The number of benzene rings is 2. The van der Waals surface area contributed by atoms with E-state index in [2.05, 4.69) is 5.32 Å². The van der Waals surface area contributed by atoms with Gasteiger partial charge in [0.15, 0.2) is 0 Å². The van der Waals surface area contributed by atoms with Gasteiger partial charge in [-0.25, -0.2) is 0 Å². The van der Waals surface area contributed by atoms with Crippen LogP contribution in [-0.2, 0) is 14.9 Å². The molecule has 0 aliphatic carbocycles. The van der Waals surface area contributed by atoms with E-state index in [9.17, 15) is 14.9 Å². The lowest BCUT2D eigenvalue weighted by Crippen LogP contribution is -2.48. The van der Waals surface area contributed by atoms with Crippen LogP contribution in [0, 0.1) is 10.1 Å². The molecular formula is C20H21ClN2O4. The second-order valence-electron chi connectivity index (χ2n) is 6.75. The molecule has 6 nitrogen and oxygen atoms in total. The van der Waals surface area contributed by atoms with Crippen molar-refractivity contribution < 1.29 is 14.5 Å². The first-order chi connectivity index (χ1) is 12.9. The molecule has 0 aromatic heterocycles. The van der Waals surface area contributed by atoms with Crippen molar-refractivity contribution in [2.24, 2.45) is 0 Å². The molecule has 0 saturated carbocycles. The van der Waals surface area contributed by atoms with Crippen LogP contribution in [0.3, 0.4) is 0 Å². The van der Waals surface area contributed by atoms with Crippen LogP contribution < -0.4 is 5.32 Å². The van der Waals surface area contributed by atoms with E-state index >= 15 is 0 Å². The average molecular weight is 389 g/mol. The number of nitro groups is 1. The van der Waals surface area contributed by atoms with Gasteiger partial charge in [0.05, 0.1) is 16.4 Å². The summed E-state index contributed by atoms with van der Waals surface area (Å²) in [7, 11) is 0. The van der Waals surface area contributed by atoms with Crippen LogP contribution in [0.25, 0.3) is 0 Å². The highest BCUT2D eigenvalue weighted by Crippen LogP contribution is 2.37. The van der Waals surface area contributed by atoms with Crippen molar-refractivity contribution in [3.05, 3.63) is 74.8 Å².